The summed E-state index contributed by atoms with van der Waals surface area (Å²) in [6, 6.07) is 21.7. The predicted octanol–water partition coefficient (Wildman–Crippen LogP) is 6.41. The van der Waals surface area contributed by atoms with E-state index in [0.29, 0.717) is 23.2 Å². The maximum atomic E-state index is 13.4. The van der Waals surface area contributed by atoms with Crippen molar-refractivity contribution >= 4 is 34.1 Å². The average molecular weight is 455 g/mol. The van der Waals surface area contributed by atoms with Gasteiger partial charge in [0, 0.05) is 28.3 Å². The number of hydrogen-bond donors (Lipinski definition) is 1. The molecule has 4 aromatic rings. The molecule has 1 aromatic heterocycles. The number of allylic oxidation sites excluding steroid dienone is 2. The Bertz CT molecular complexity index is 1440. The predicted molar refractivity (Wildman–Crippen MR) is 131 cm³/mol. The fraction of sp³-hybridized carbons (Fsp3) is 0.222. The van der Waals surface area contributed by atoms with Crippen LogP contribution in [0.2, 0.25) is 5.02 Å². The van der Waals surface area contributed by atoms with E-state index in [0.717, 1.165) is 39.6 Å². The monoisotopic (exact) mass is 454 g/mol. The first-order valence-electron chi connectivity index (χ1n) is 11.1. The first-order valence-corrected chi connectivity index (χ1v) is 11.5. The van der Waals surface area contributed by atoms with Crippen molar-refractivity contribution in [3.63, 3.8) is 0 Å². The van der Waals surface area contributed by atoms with Gasteiger partial charge in [-0.2, -0.15) is 4.98 Å². The quantitative estimate of drug-likeness (QED) is 0.380. The normalized spacial score (nSPS) is 19.2. The second kappa shape index (κ2) is 7.29. The van der Waals surface area contributed by atoms with Crippen molar-refractivity contribution in [1.82, 2.24) is 14.8 Å². The second-order valence-corrected chi connectivity index (χ2v) is 10.1. The third-order valence-electron chi connectivity index (χ3n) is 6.55. The minimum atomic E-state index is -0.339. The number of rotatable bonds is 2. The van der Waals surface area contributed by atoms with Gasteiger partial charge in [-0.15, -0.1) is 5.10 Å². The molecule has 0 saturated carbocycles. The van der Waals surface area contributed by atoms with Gasteiger partial charge in [0.05, 0.1) is 0 Å². The van der Waals surface area contributed by atoms with Gasteiger partial charge in [0.1, 0.15) is 6.04 Å². The summed E-state index contributed by atoms with van der Waals surface area (Å²) >= 11 is 6.17. The lowest BCUT2D eigenvalue weighted by Gasteiger charge is -2.38. The largest absolute Gasteiger partial charge is 0.328 e. The fourth-order valence-corrected chi connectivity index (χ4v) is 5.22. The maximum absolute atomic E-state index is 13.4. The van der Waals surface area contributed by atoms with Crippen LogP contribution in [-0.4, -0.2) is 20.5 Å². The molecule has 3 aromatic carbocycles. The van der Waals surface area contributed by atoms with E-state index in [2.05, 4.69) is 37.4 Å². The number of carbonyl (C=O) groups excluding carboxylic acids is 1. The molecule has 1 aliphatic carbocycles. The first kappa shape index (κ1) is 20.2. The van der Waals surface area contributed by atoms with Gasteiger partial charge in [-0.25, -0.2) is 4.68 Å². The van der Waals surface area contributed by atoms with E-state index in [4.69, 9.17) is 21.7 Å². The van der Waals surface area contributed by atoms with E-state index < -0.39 is 0 Å². The highest BCUT2D eigenvalue weighted by atomic mass is 35.5. The first-order chi connectivity index (χ1) is 15.9. The van der Waals surface area contributed by atoms with Crippen LogP contribution >= 0.6 is 11.6 Å². The lowest BCUT2D eigenvalue weighted by molar-refractivity contribution is -0.118. The summed E-state index contributed by atoms with van der Waals surface area (Å²) in [5, 5.41) is 11.3. The number of carbonyl (C=O) groups is 1. The van der Waals surface area contributed by atoms with Crippen LogP contribution in [0.4, 0.5) is 5.95 Å². The lowest BCUT2D eigenvalue weighted by Crippen LogP contribution is -2.36. The third-order valence-corrected chi connectivity index (χ3v) is 6.80. The molecule has 1 unspecified atom stereocenters. The van der Waals surface area contributed by atoms with Gasteiger partial charge >= 0.3 is 0 Å². The second-order valence-electron chi connectivity index (χ2n) is 9.64. The third kappa shape index (κ3) is 3.35. The van der Waals surface area contributed by atoms with E-state index in [9.17, 15) is 4.79 Å². The zero-order valence-electron chi connectivity index (χ0n) is 18.5. The van der Waals surface area contributed by atoms with Gasteiger partial charge in [0.15, 0.2) is 11.6 Å². The van der Waals surface area contributed by atoms with Gasteiger partial charge in [-0.3, -0.25) is 4.79 Å². The van der Waals surface area contributed by atoms with Gasteiger partial charge in [-0.1, -0.05) is 80.0 Å². The van der Waals surface area contributed by atoms with E-state index >= 15 is 0 Å². The van der Waals surface area contributed by atoms with Crippen molar-refractivity contribution in [3.8, 4) is 11.4 Å². The molecule has 1 aliphatic heterocycles. The number of fused-ring (bicyclic) bond motifs is 2. The van der Waals surface area contributed by atoms with Crippen LogP contribution in [0.3, 0.4) is 0 Å². The molecule has 2 aliphatic rings. The Morgan fingerprint density at radius 3 is 2.58 bits per heavy atom. The highest BCUT2D eigenvalue weighted by molar-refractivity contribution is 6.30. The van der Waals surface area contributed by atoms with Gasteiger partial charge < -0.3 is 5.32 Å². The van der Waals surface area contributed by atoms with Crippen molar-refractivity contribution in [3.05, 3.63) is 88.6 Å². The number of aromatic nitrogens is 3. The highest BCUT2D eigenvalue weighted by Crippen LogP contribution is 2.46. The fourth-order valence-electron chi connectivity index (χ4n) is 5.10. The summed E-state index contributed by atoms with van der Waals surface area (Å²) in [6.07, 6.45) is 1.30. The van der Waals surface area contributed by atoms with Gasteiger partial charge in [0.25, 0.3) is 0 Å². The van der Waals surface area contributed by atoms with Crippen molar-refractivity contribution in [2.45, 2.75) is 32.7 Å². The minimum absolute atomic E-state index is 0.103. The SMILES string of the molecule is CC1(C)CC(=O)C2=C(C1)Nc1nc(-c3cccc4ccccc34)nn1C2c1ccc(Cl)cc1. The number of anilines is 1. The number of Topliss-reactive ketones (excluding diaryl/α,β-unsaturated/α-hetero) is 1. The van der Waals surface area contributed by atoms with Crippen molar-refractivity contribution in [1.29, 1.82) is 0 Å². The molecule has 0 radical (unpaired) electrons. The summed E-state index contributed by atoms with van der Waals surface area (Å²) in [5.41, 5.74) is 3.56. The molecule has 6 rings (SSSR count). The average Bonchev–Trinajstić information content (AvgIpc) is 3.20. The molecule has 5 nitrogen and oxygen atoms in total. The summed E-state index contributed by atoms with van der Waals surface area (Å²) < 4.78 is 1.86. The molecule has 0 bridgehead atoms. The lowest BCUT2D eigenvalue weighted by atomic mass is 9.73. The summed E-state index contributed by atoms with van der Waals surface area (Å²) in [7, 11) is 0. The standard InChI is InChI=1S/C27H23ClN4O/c1-27(2)14-21-23(22(33)15-27)24(17-10-12-18(28)13-11-17)32-26(29-21)30-25(31-32)20-9-5-7-16-6-3-4-8-19(16)20/h3-13,24H,14-15H2,1-2H3,(H,29,30,31). The number of nitrogens with zero attached hydrogens (tertiary/aromatic N) is 3. The molecule has 0 saturated heterocycles. The molecular weight excluding hydrogens is 432 g/mol. The molecule has 0 amide bonds. The molecule has 164 valence electrons. The number of hydrogen-bond acceptors (Lipinski definition) is 4. The van der Waals surface area contributed by atoms with Crippen LogP contribution < -0.4 is 5.32 Å². The van der Waals surface area contributed by atoms with Crippen LogP contribution in [0, 0.1) is 5.41 Å². The Hall–Kier alpha value is -3.44. The van der Waals surface area contributed by atoms with Gasteiger partial charge in [-0.05, 0) is 40.3 Å². The molecule has 6 heteroatoms. The highest BCUT2D eigenvalue weighted by Gasteiger charge is 2.41. The summed E-state index contributed by atoms with van der Waals surface area (Å²) in [5.74, 6) is 1.45. The van der Waals surface area contributed by atoms with Crippen molar-refractivity contribution in [2.24, 2.45) is 5.41 Å². The molecule has 33 heavy (non-hydrogen) atoms. The number of benzene rings is 3. The van der Waals surface area contributed by atoms with E-state index in [1.54, 1.807) is 0 Å². The molecule has 0 fully saturated rings. The maximum Gasteiger partial charge on any atom is 0.226 e. The Kier molecular flexibility index (Phi) is 4.46. The number of halogens is 1. The van der Waals surface area contributed by atoms with Crippen LogP contribution in [-0.2, 0) is 4.79 Å². The van der Waals surface area contributed by atoms with Crippen molar-refractivity contribution < 1.29 is 4.79 Å². The zero-order chi connectivity index (χ0) is 22.7. The molecule has 2 heterocycles. The smallest absolute Gasteiger partial charge is 0.226 e. The Morgan fingerprint density at radius 1 is 1.00 bits per heavy atom. The van der Waals surface area contributed by atoms with Crippen LogP contribution in [0.15, 0.2) is 78.0 Å². The van der Waals surface area contributed by atoms with Gasteiger partial charge in [0.2, 0.25) is 5.95 Å². The summed E-state index contributed by atoms with van der Waals surface area (Å²) in [6.45, 7) is 4.27. The van der Waals surface area contributed by atoms with E-state index in [-0.39, 0.29) is 17.2 Å². The summed E-state index contributed by atoms with van der Waals surface area (Å²) in [4.78, 5) is 18.3. The Labute approximate surface area is 197 Å². The Morgan fingerprint density at radius 2 is 1.76 bits per heavy atom. The van der Waals surface area contributed by atoms with Crippen LogP contribution in [0.1, 0.15) is 38.3 Å². The molecule has 0 spiro atoms. The molecular formula is C27H23ClN4O. The number of nitrogens with one attached hydrogen (secondary N) is 1. The van der Waals surface area contributed by atoms with Crippen LogP contribution in [0.5, 0.6) is 0 Å². The van der Waals surface area contributed by atoms with E-state index in [1.165, 1.54) is 0 Å². The Balaban J connectivity index is 1.55. The van der Waals surface area contributed by atoms with Crippen LogP contribution in [0.25, 0.3) is 22.2 Å². The van der Waals surface area contributed by atoms with E-state index in [1.807, 2.05) is 53.2 Å². The molecule has 1 atom stereocenters. The topological polar surface area (TPSA) is 59.8 Å². The zero-order valence-corrected chi connectivity index (χ0v) is 19.2. The minimum Gasteiger partial charge on any atom is -0.328 e. The molecule has 1 N–H and O–H groups in total. The number of ketones is 1. The van der Waals surface area contributed by atoms with Crippen molar-refractivity contribution in [2.75, 3.05) is 5.32 Å².